The van der Waals surface area contributed by atoms with Crippen molar-refractivity contribution in [1.82, 2.24) is 15.6 Å². The van der Waals surface area contributed by atoms with Crippen molar-refractivity contribution in [2.45, 2.75) is 25.1 Å². The molecule has 0 amide bonds. The number of hydrogen-bond acceptors (Lipinski definition) is 6. The van der Waals surface area contributed by atoms with Gasteiger partial charge in [-0.15, -0.1) is 34.5 Å². The molecule has 22 heavy (non-hydrogen) atoms. The smallest absolute Gasteiger partial charge is 0.209 e. The summed E-state index contributed by atoms with van der Waals surface area (Å²) in [5.41, 5.74) is 6.64. The van der Waals surface area contributed by atoms with Gasteiger partial charge >= 0.3 is 0 Å². The molecule has 118 valence electrons. The first-order valence-electron chi connectivity index (χ1n) is 6.70. The molecule has 8 heteroatoms. The zero-order chi connectivity index (χ0) is 16.4. The summed E-state index contributed by atoms with van der Waals surface area (Å²) in [7, 11) is 0. The van der Waals surface area contributed by atoms with E-state index in [2.05, 4.69) is 45.8 Å². The summed E-state index contributed by atoms with van der Waals surface area (Å²) in [5.74, 6) is 3.68. The average Bonchev–Trinajstić information content (AvgIpc) is 2.99. The number of hydrogen-bond donors (Lipinski definition) is 3. The third-order valence-corrected chi connectivity index (χ3v) is 4.93. The molecule has 1 aromatic heterocycles. The van der Waals surface area contributed by atoms with Crippen LogP contribution in [-0.2, 0) is 11.3 Å². The minimum absolute atomic E-state index is 0.0929. The molecule has 1 heterocycles. The molecule has 0 aliphatic carbocycles. The third kappa shape index (κ3) is 5.94. The van der Waals surface area contributed by atoms with Crippen molar-refractivity contribution in [2.24, 2.45) is 10.7 Å². The minimum Gasteiger partial charge on any atom is -0.355 e. The van der Waals surface area contributed by atoms with Crippen LogP contribution in [0.3, 0.4) is 0 Å². The van der Waals surface area contributed by atoms with Crippen LogP contribution >= 0.6 is 23.1 Å². The van der Waals surface area contributed by atoms with E-state index < -0.39 is 0 Å². The quantitative estimate of drug-likeness (QED) is 0.228. The Balaban J connectivity index is 2.44. The Bertz CT molecular complexity index is 579. The molecule has 0 aliphatic heterocycles. The van der Waals surface area contributed by atoms with Crippen molar-refractivity contribution in [1.29, 1.82) is 5.26 Å². The maximum Gasteiger partial charge on any atom is 0.209 e. The number of thiazole rings is 1. The highest BCUT2D eigenvalue weighted by molar-refractivity contribution is 8.00. The number of thioether (sulfide) groups is 1. The molecule has 0 unspecified atom stereocenters. The summed E-state index contributed by atoms with van der Waals surface area (Å²) in [6.07, 6.45) is 6.90. The van der Waals surface area contributed by atoms with Gasteiger partial charge in [0, 0.05) is 24.2 Å². The molecule has 6 nitrogen and oxygen atoms in total. The number of nitrogens with zero attached hydrogens (tertiary/aromatic N) is 3. The Labute approximate surface area is 139 Å². The van der Waals surface area contributed by atoms with E-state index in [0.717, 1.165) is 16.5 Å². The number of nitriles is 1. The van der Waals surface area contributed by atoms with Gasteiger partial charge in [0.25, 0.3) is 0 Å². The molecule has 1 rings (SSSR count). The van der Waals surface area contributed by atoms with Gasteiger partial charge in [-0.2, -0.15) is 5.26 Å². The fourth-order valence-corrected chi connectivity index (χ4v) is 3.44. The Hall–Kier alpha value is -1.74. The lowest BCUT2D eigenvalue weighted by Crippen LogP contribution is -2.38. The molecule has 4 N–H and O–H groups in total. The Morgan fingerprint density at radius 2 is 2.36 bits per heavy atom. The van der Waals surface area contributed by atoms with Crippen molar-refractivity contribution in [2.75, 3.05) is 18.8 Å². The standard InChI is InChI=1S/C14H20N6S2/c1-4-5-17-13(19-10-16)18-6-7-22-14(2,3)11-9-21-12(8-15)20-11/h1,9H,5-8,15H2,2-3H3,(H2,17,18,19). The Morgan fingerprint density at radius 1 is 1.59 bits per heavy atom. The summed E-state index contributed by atoms with van der Waals surface area (Å²) < 4.78 is -0.0929. The molecule has 0 radical (unpaired) electrons. The van der Waals surface area contributed by atoms with E-state index in [-0.39, 0.29) is 4.75 Å². The van der Waals surface area contributed by atoms with Crippen LogP contribution in [0.1, 0.15) is 24.5 Å². The molecule has 0 saturated carbocycles. The molecule has 0 fully saturated rings. The highest BCUT2D eigenvalue weighted by Crippen LogP contribution is 2.35. The molecule has 0 atom stereocenters. The largest absolute Gasteiger partial charge is 0.355 e. The summed E-state index contributed by atoms with van der Waals surface area (Å²) in [6, 6.07) is 0. The number of aromatic nitrogens is 1. The first-order chi connectivity index (χ1) is 10.5. The van der Waals surface area contributed by atoms with Crippen LogP contribution in [0.15, 0.2) is 10.4 Å². The van der Waals surface area contributed by atoms with Gasteiger partial charge in [0.15, 0.2) is 0 Å². The molecular formula is C14H20N6S2. The van der Waals surface area contributed by atoms with Gasteiger partial charge in [-0.3, -0.25) is 0 Å². The van der Waals surface area contributed by atoms with Crippen molar-refractivity contribution >= 4 is 29.1 Å². The van der Waals surface area contributed by atoms with Crippen LogP contribution < -0.4 is 16.4 Å². The van der Waals surface area contributed by atoms with Gasteiger partial charge in [0.05, 0.1) is 17.0 Å². The summed E-state index contributed by atoms with van der Waals surface area (Å²) in [5, 5.41) is 17.5. The lowest BCUT2D eigenvalue weighted by atomic mass is 10.1. The topological polar surface area (TPSA) is 99.1 Å². The maximum atomic E-state index is 8.60. The second-order valence-corrected chi connectivity index (χ2v) is 7.39. The van der Waals surface area contributed by atoms with Gasteiger partial charge in [-0.05, 0) is 13.8 Å². The zero-order valence-corrected chi connectivity index (χ0v) is 14.4. The lowest BCUT2D eigenvalue weighted by molar-refractivity contribution is 0.745. The second-order valence-electron chi connectivity index (χ2n) is 4.73. The van der Waals surface area contributed by atoms with Gasteiger partial charge < -0.3 is 16.4 Å². The predicted octanol–water partition coefficient (Wildman–Crippen LogP) is 1.22. The summed E-state index contributed by atoms with van der Waals surface area (Å²) in [4.78, 5) is 8.17. The van der Waals surface area contributed by atoms with Crippen LogP contribution in [0, 0.1) is 23.8 Å². The second kappa shape index (κ2) is 9.31. The number of nitrogens with two attached hydrogens (primary N) is 1. The van der Waals surface area contributed by atoms with Gasteiger partial charge in [0.1, 0.15) is 5.01 Å². The van der Waals surface area contributed by atoms with Gasteiger partial charge in [0.2, 0.25) is 12.2 Å². The SMILES string of the molecule is C#CCNC(=NC#N)NCCSC(C)(C)c1csc(CN)n1. The molecular weight excluding hydrogens is 316 g/mol. The number of aliphatic imine (C=N–C) groups is 1. The van der Waals surface area contributed by atoms with E-state index >= 15 is 0 Å². The van der Waals surface area contributed by atoms with Gasteiger partial charge in [-0.25, -0.2) is 4.98 Å². The number of nitrogens with one attached hydrogen (secondary N) is 2. The third-order valence-electron chi connectivity index (χ3n) is 2.72. The van der Waals surface area contributed by atoms with Crippen molar-refractivity contribution in [3.05, 3.63) is 16.1 Å². The molecule has 0 saturated heterocycles. The number of guanidine groups is 1. The Morgan fingerprint density at radius 3 is 2.95 bits per heavy atom. The van der Waals surface area contributed by atoms with E-state index in [1.807, 2.05) is 0 Å². The summed E-state index contributed by atoms with van der Waals surface area (Å²) in [6.45, 7) is 5.73. The van der Waals surface area contributed by atoms with Crippen LogP contribution in [0.25, 0.3) is 0 Å². The van der Waals surface area contributed by atoms with Crippen molar-refractivity contribution in [3.63, 3.8) is 0 Å². The monoisotopic (exact) mass is 336 g/mol. The predicted molar refractivity (Wildman–Crippen MR) is 93.4 cm³/mol. The van der Waals surface area contributed by atoms with Crippen LogP contribution in [0.5, 0.6) is 0 Å². The first kappa shape index (κ1) is 18.3. The van der Waals surface area contributed by atoms with E-state index in [4.69, 9.17) is 17.4 Å². The fraction of sp³-hybridized carbons (Fsp3) is 0.500. The molecule has 0 spiro atoms. The molecule has 0 aromatic carbocycles. The highest BCUT2D eigenvalue weighted by Gasteiger charge is 2.23. The zero-order valence-electron chi connectivity index (χ0n) is 12.7. The fourth-order valence-electron chi connectivity index (χ4n) is 1.56. The minimum atomic E-state index is -0.0929. The normalized spacial score (nSPS) is 11.6. The highest BCUT2D eigenvalue weighted by atomic mass is 32.2. The van der Waals surface area contributed by atoms with E-state index in [0.29, 0.717) is 25.6 Å². The number of terminal acetylenes is 1. The van der Waals surface area contributed by atoms with E-state index in [1.165, 1.54) is 0 Å². The van der Waals surface area contributed by atoms with E-state index in [1.54, 1.807) is 29.3 Å². The summed E-state index contributed by atoms with van der Waals surface area (Å²) >= 11 is 3.36. The van der Waals surface area contributed by atoms with Crippen molar-refractivity contribution in [3.8, 4) is 18.5 Å². The van der Waals surface area contributed by atoms with Crippen LogP contribution in [0.2, 0.25) is 0 Å². The Kier molecular flexibility index (Phi) is 7.75. The van der Waals surface area contributed by atoms with Crippen LogP contribution in [-0.4, -0.2) is 29.8 Å². The maximum absolute atomic E-state index is 8.60. The average molecular weight is 336 g/mol. The van der Waals surface area contributed by atoms with Crippen molar-refractivity contribution < 1.29 is 0 Å². The van der Waals surface area contributed by atoms with Gasteiger partial charge in [-0.1, -0.05) is 5.92 Å². The molecule has 0 aliphatic rings. The molecule has 1 aromatic rings. The van der Waals surface area contributed by atoms with E-state index in [9.17, 15) is 0 Å². The molecule has 0 bridgehead atoms. The van der Waals surface area contributed by atoms with Crippen LogP contribution in [0.4, 0.5) is 0 Å². The lowest BCUT2D eigenvalue weighted by Gasteiger charge is -2.22. The number of rotatable bonds is 7. The first-order valence-corrected chi connectivity index (χ1v) is 8.57.